The lowest BCUT2D eigenvalue weighted by Crippen LogP contribution is -2.72. The van der Waals surface area contributed by atoms with Gasteiger partial charge in [0.25, 0.3) is 11.6 Å². The second-order valence-corrected chi connectivity index (χ2v) is 34.2. The monoisotopic (exact) mass is 1810 g/mol. The highest BCUT2D eigenvalue weighted by molar-refractivity contribution is 5.78. The molecule has 125 heavy (non-hydrogen) atoms. The van der Waals surface area contributed by atoms with Crippen molar-refractivity contribution in [3.63, 3.8) is 0 Å². The summed E-state index contributed by atoms with van der Waals surface area (Å²) < 4.78 is 72.5. The maximum atomic E-state index is 14.4. The van der Waals surface area contributed by atoms with Crippen LogP contribution in [0.2, 0.25) is 0 Å². The number of nitrogens with one attached hydrogen (secondary N) is 3. The molecule has 6 aliphatic heterocycles. The standard InChI is InChI=1S/C83H147N3O39/c1-6-8-10-12-14-16-18-20-22-24-26-28-30-32-49(96)48(86-58(100)33-31-29-27-25-23-21-19-17-15-13-11-9-7-2)43-114-77-68(108)66(106)71(56(41-91)117-77)120-79-69(109)75(72(57(42-92)118-79)121-76-47(34-44(3)93)70(63(103)54(39-89)115-76)119-78-67(107)65(105)62(102)53(38-88)116-78)125-83(81(112)113)36-51(98)60(85-46(5)95)74(124-83)64(104)55(40-90)122-82(80(110)111)35-50(97)59(84-45(4)94)73(123-82)61(101)52(99)37-87/h47-57,59-79,87-92,96-99,101-109H,6-43H2,1-5H3,(H,84,94)(H,85,95)(H,86,100)(H,110,111)(H,112,113). The summed E-state index contributed by atoms with van der Waals surface area (Å²) in [6, 6.07) is -5.00. The van der Waals surface area contributed by atoms with Gasteiger partial charge in [0.1, 0.15) is 128 Å². The first-order valence-electron chi connectivity index (χ1n) is 44.8. The average molecular weight is 1810 g/mol. The number of carbonyl (C=O) groups excluding carboxylic acids is 4. The molecule has 42 heteroatoms. The number of carbonyl (C=O) groups is 6. The summed E-state index contributed by atoms with van der Waals surface area (Å²) in [5.41, 5.74) is 0. The van der Waals surface area contributed by atoms with Crippen LogP contribution in [0.25, 0.3) is 0 Å². The molecule has 42 nitrogen and oxygen atoms in total. The van der Waals surface area contributed by atoms with E-state index in [1.807, 2.05) is 0 Å². The van der Waals surface area contributed by atoms with E-state index in [1.165, 1.54) is 83.5 Å². The van der Waals surface area contributed by atoms with Crippen LogP contribution in [0.4, 0.5) is 0 Å². The van der Waals surface area contributed by atoms with Crippen LogP contribution < -0.4 is 16.0 Å². The number of aliphatic hydroxyl groups is 19. The van der Waals surface area contributed by atoms with Crippen molar-refractivity contribution in [2.75, 3.05) is 46.2 Å². The molecular weight excluding hydrogens is 1660 g/mol. The predicted octanol–water partition coefficient (Wildman–Crippen LogP) is -3.33. The molecule has 24 N–H and O–H groups in total. The van der Waals surface area contributed by atoms with E-state index >= 15 is 0 Å². The number of aliphatic carboxylic acids is 2. The Bertz CT molecular complexity index is 3110. The highest BCUT2D eigenvalue weighted by Crippen LogP contribution is 2.44. The molecule has 0 aromatic carbocycles. The van der Waals surface area contributed by atoms with Crippen molar-refractivity contribution in [1.29, 1.82) is 0 Å². The zero-order chi connectivity index (χ0) is 92.4. The zero-order valence-electron chi connectivity index (χ0n) is 72.6. The van der Waals surface area contributed by atoms with Gasteiger partial charge in [0, 0.05) is 45.4 Å². The summed E-state index contributed by atoms with van der Waals surface area (Å²) in [7, 11) is 0. The maximum absolute atomic E-state index is 14.4. The first kappa shape index (κ1) is 110. The Morgan fingerprint density at radius 2 is 0.840 bits per heavy atom. The largest absolute Gasteiger partial charge is 0.477 e. The first-order chi connectivity index (χ1) is 59.6. The molecule has 0 radical (unpaired) electrons. The highest BCUT2D eigenvalue weighted by Gasteiger charge is 2.64. The van der Waals surface area contributed by atoms with Crippen LogP contribution in [0.3, 0.4) is 0 Å². The van der Waals surface area contributed by atoms with Crippen LogP contribution in [0.5, 0.6) is 0 Å². The number of ether oxygens (including phenoxy) is 12. The number of Topliss-reactive ketones (excluding diaryl/α,β-unsaturated/α-hetero) is 1. The molecule has 6 fully saturated rings. The third-order valence-electron chi connectivity index (χ3n) is 24.2. The van der Waals surface area contributed by atoms with Crippen LogP contribution in [0.1, 0.15) is 234 Å². The third kappa shape index (κ3) is 31.7. The SMILES string of the molecule is CCCCCCCCCCCCCCCC(=O)NC(COC1OC(CO)C(OC2OC(CO)C(OC3OC(CO)C(O)C(OC4OC(CO)C(O)C(O)C4O)C3CC(C)=O)C(OC3(C(=O)O)CC(O)C(NC(C)=O)C(C(O)C(CO)OC4(C(=O)O)CC(O)C(NC(C)=O)C(C(O)C(O)CO)O4)O3)C2O)C(O)C1O)C(O)CCCCCCCCCCCCCCC. The quantitative estimate of drug-likeness (QED) is 0.0265. The number of amides is 3. The summed E-state index contributed by atoms with van der Waals surface area (Å²) in [5, 5.41) is 245. The molecule has 728 valence electrons. The van der Waals surface area contributed by atoms with Crippen molar-refractivity contribution < 1.29 is 193 Å². The molecule has 3 amide bonds. The Balaban J connectivity index is 1.34. The molecular formula is C83H147N3O39. The van der Waals surface area contributed by atoms with Crippen molar-refractivity contribution in [1.82, 2.24) is 16.0 Å². The van der Waals surface area contributed by atoms with Crippen LogP contribution in [0, 0.1) is 5.92 Å². The Labute approximate surface area is 728 Å². The topological polar surface area (TPSA) is 674 Å². The minimum atomic E-state index is -3.67. The van der Waals surface area contributed by atoms with Gasteiger partial charge in [-0.25, -0.2) is 9.59 Å². The third-order valence-corrected chi connectivity index (χ3v) is 24.2. The normalized spacial score (nSPS) is 35.5. The number of aliphatic hydroxyl groups excluding tert-OH is 19. The van der Waals surface area contributed by atoms with Gasteiger partial charge in [-0.05, 0) is 19.8 Å². The number of ketones is 1. The first-order valence-corrected chi connectivity index (χ1v) is 44.8. The number of hydrogen-bond acceptors (Lipinski definition) is 37. The average Bonchev–Trinajstić information content (AvgIpc) is 0.745. The lowest BCUT2D eigenvalue weighted by atomic mass is 9.86. The second kappa shape index (κ2) is 55.3. The molecule has 6 heterocycles. The molecule has 0 aliphatic carbocycles. The van der Waals surface area contributed by atoms with Gasteiger partial charge in [0.15, 0.2) is 25.2 Å². The summed E-state index contributed by atoms with van der Waals surface area (Å²) in [5.74, 6) is -16.5. The molecule has 6 aliphatic rings. The van der Waals surface area contributed by atoms with Crippen molar-refractivity contribution >= 4 is 35.4 Å². The summed E-state index contributed by atoms with van der Waals surface area (Å²) in [4.78, 5) is 80.4. The molecule has 34 atom stereocenters. The second-order valence-electron chi connectivity index (χ2n) is 34.2. The van der Waals surface area contributed by atoms with E-state index in [0.717, 1.165) is 91.4 Å². The fourth-order valence-corrected chi connectivity index (χ4v) is 17.1. The number of carboxylic acids is 2. The Morgan fingerprint density at radius 3 is 1.32 bits per heavy atom. The van der Waals surface area contributed by atoms with Crippen molar-refractivity contribution in [2.45, 2.75) is 435 Å². The molecule has 6 rings (SSSR count). The van der Waals surface area contributed by atoms with Gasteiger partial charge in [-0.2, -0.15) is 0 Å². The number of hydrogen-bond donors (Lipinski definition) is 24. The molecule has 0 saturated carbocycles. The van der Waals surface area contributed by atoms with E-state index in [4.69, 9.17) is 56.8 Å². The maximum Gasteiger partial charge on any atom is 0.364 e. The number of unbranched alkanes of at least 4 members (excludes halogenated alkanes) is 24. The van der Waals surface area contributed by atoms with Gasteiger partial charge in [-0.15, -0.1) is 0 Å². The van der Waals surface area contributed by atoms with E-state index in [-0.39, 0.29) is 12.8 Å². The molecule has 0 spiro atoms. The summed E-state index contributed by atoms with van der Waals surface area (Å²) in [6.45, 7) is -0.726. The van der Waals surface area contributed by atoms with Gasteiger partial charge in [0.2, 0.25) is 17.7 Å². The van der Waals surface area contributed by atoms with Crippen LogP contribution in [0.15, 0.2) is 0 Å². The van der Waals surface area contributed by atoms with Gasteiger partial charge >= 0.3 is 11.9 Å². The summed E-state index contributed by atoms with van der Waals surface area (Å²) in [6.07, 6.45) is -36.4. The Morgan fingerprint density at radius 1 is 0.424 bits per heavy atom. The van der Waals surface area contributed by atoms with E-state index in [1.54, 1.807) is 0 Å². The van der Waals surface area contributed by atoms with Crippen molar-refractivity contribution in [3.05, 3.63) is 0 Å². The number of carboxylic acid groups (broad SMARTS) is 2. The van der Waals surface area contributed by atoms with Gasteiger partial charge in [-0.3, -0.25) is 14.4 Å². The molecule has 34 unspecified atom stereocenters. The van der Waals surface area contributed by atoms with E-state index in [2.05, 4.69) is 29.8 Å². The lowest BCUT2D eigenvalue weighted by Gasteiger charge is -2.53. The van der Waals surface area contributed by atoms with Gasteiger partial charge in [-0.1, -0.05) is 174 Å². The molecule has 6 saturated heterocycles. The van der Waals surface area contributed by atoms with Crippen LogP contribution >= 0.6 is 0 Å². The van der Waals surface area contributed by atoms with Gasteiger partial charge in [0.05, 0.1) is 88.8 Å². The Hall–Kier alpha value is -4.22. The van der Waals surface area contributed by atoms with Gasteiger partial charge < -0.3 is 185 Å². The minimum Gasteiger partial charge on any atom is -0.477 e. The number of rotatable bonds is 59. The summed E-state index contributed by atoms with van der Waals surface area (Å²) >= 11 is 0. The van der Waals surface area contributed by atoms with Crippen molar-refractivity contribution in [3.8, 4) is 0 Å². The van der Waals surface area contributed by atoms with E-state index in [9.17, 15) is 136 Å². The fourth-order valence-electron chi connectivity index (χ4n) is 17.1. The van der Waals surface area contributed by atoms with E-state index < -0.39 is 308 Å². The fraction of sp³-hybridized carbons (Fsp3) is 0.928. The minimum absolute atomic E-state index is 0.112. The highest BCUT2D eigenvalue weighted by atomic mass is 16.8. The van der Waals surface area contributed by atoms with Crippen molar-refractivity contribution in [2.24, 2.45) is 5.92 Å². The Kier molecular flexibility index (Phi) is 48.5. The lowest BCUT2D eigenvalue weighted by molar-refractivity contribution is -0.407. The molecule has 0 bridgehead atoms. The van der Waals surface area contributed by atoms with Crippen LogP contribution in [-0.2, 0) is 85.6 Å². The van der Waals surface area contributed by atoms with Crippen LogP contribution in [-0.4, -0.2) is 390 Å². The van der Waals surface area contributed by atoms with E-state index in [0.29, 0.717) is 12.8 Å². The molecule has 0 aromatic heterocycles. The molecule has 0 aromatic rings. The zero-order valence-corrected chi connectivity index (χ0v) is 72.6. The smallest absolute Gasteiger partial charge is 0.364 e. The predicted molar refractivity (Wildman–Crippen MR) is 432 cm³/mol.